The molecule has 2 heterocycles. The normalized spacial score (nSPS) is 14.7. The Bertz CT molecular complexity index is 930. The van der Waals surface area contributed by atoms with Gasteiger partial charge in [0, 0.05) is 38.7 Å². The smallest absolute Gasteiger partial charge is 0.253 e. The van der Waals surface area contributed by atoms with Crippen LogP contribution in [0.4, 0.5) is 0 Å². The minimum absolute atomic E-state index is 0.0646. The molecule has 0 aliphatic carbocycles. The van der Waals surface area contributed by atoms with Crippen LogP contribution in [0.15, 0.2) is 65.2 Å². The summed E-state index contributed by atoms with van der Waals surface area (Å²) in [6.45, 7) is 6.15. The summed E-state index contributed by atoms with van der Waals surface area (Å²) >= 11 is 0. The Balaban J connectivity index is 1.27. The zero-order valence-corrected chi connectivity index (χ0v) is 16.6. The fourth-order valence-electron chi connectivity index (χ4n) is 3.43. The largest absolute Gasteiger partial charge is 0.489 e. The summed E-state index contributed by atoms with van der Waals surface area (Å²) in [5.74, 6) is 2.38. The van der Waals surface area contributed by atoms with E-state index in [0.29, 0.717) is 31.2 Å². The van der Waals surface area contributed by atoms with Gasteiger partial charge in [-0.1, -0.05) is 30.3 Å². The number of benzene rings is 2. The fourth-order valence-corrected chi connectivity index (χ4v) is 3.43. The first-order valence-electron chi connectivity index (χ1n) is 9.87. The molecule has 0 radical (unpaired) electrons. The first kappa shape index (κ1) is 19.2. The fraction of sp³-hybridized carbons (Fsp3) is 0.304. The van der Waals surface area contributed by atoms with Crippen LogP contribution in [0.25, 0.3) is 0 Å². The van der Waals surface area contributed by atoms with Gasteiger partial charge in [-0.3, -0.25) is 9.69 Å². The quantitative estimate of drug-likeness (QED) is 0.643. The van der Waals surface area contributed by atoms with E-state index in [4.69, 9.17) is 9.15 Å². The number of amides is 1. The van der Waals surface area contributed by atoms with E-state index in [1.807, 2.05) is 66.4 Å². The van der Waals surface area contributed by atoms with Crippen molar-refractivity contribution in [3.05, 3.63) is 83.6 Å². The van der Waals surface area contributed by atoms with Crippen molar-refractivity contribution in [2.75, 3.05) is 26.2 Å². The number of nitrogens with zero attached hydrogens (tertiary/aromatic N) is 3. The molecular formula is C23H25N3O3. The molecule has 0 bridgehead atoms. The number of ether oxygens (including phenoxy) is 1. The van der Waals surface area contributed by atoms with Crippen molar-refractivity contribution in [3.8, 4) is 5.75 Å². The molecule has 29 heavy (non-hydrogen) atoms. The maximum Gasteiger partial charge on any atom is 0.253 e. The van der Waals surface area contributed by atoms with Crippen molar-refractivity contribution < 1.29 is 13.9 Å². The van der Waals surface area contributed by atoms with Crippen LogP contribution in [-0.4, -0.2) is 46.9 Å². The minimum atomic E-state index is 0.0646. The van der Waals surface area contributed by atoms with E-state index < -0.39 is 0 Å². The maximum absolute atomic E-state index is 12.8. The highest BCUT2D eigenvalue weighted by Gasteiger charge is 2.22. The van der Waals surface area contributed by atoms with Gasteiger partial charge in [0.15, 0.2) is 5.89 Å². The van der Waals surface area contributed by atoms with Crippen molar-refractivity contribution in [2.45, 2.75) is 20.1 Å². The molecule has 0 spiro atoms. The molecule has 1 saturated heterocycles. The van der Waals surface area contributed by atoms with Gasteiger partial charge in [-0.05, 0) is 29.8 Å². The van der Waals surface area contributed by atoms with Crippen molar-refractivity contribution in [1.82, 2.24) is 14.8 Å². The van der Waals surface area contributed by atoms with Crippen LogP contribution < -0.4 is 4.74 Å². The zero-order valence-electron chi connectivity index (χ0n) is 16.6. The summed E-state index contributed by atoms with van der Waals surface area (Å²) in [6, 6.07) is 17.4. The first-order valence-corrected chi connectivity index (χ1v) is 9.87. The number of hydrogen-bond donors (Lipinski definition) is 0. The van der Waals surface area contributed by atoms with Crippen LogP contribution in [0.1, 0.15) is 27.6 Å². The van der Waals surface area contributed by atoms with Crippen LogP contribution in [0.3, 0.4) is 0 Å². The summed E-state index contributed by atoms with van der Waals surface area (Å²) in [5, 5.41) is 0. The molecular weight excluding hydrogens is 366 g/mol. The Morgan fingerprint density at radius 3 is 2.41 bits per heavy atom. The lowest BCUT2D eigenvalue weighted by Gasteiger charge is -2.34. The van der Waals surface area contributed by atoms with Crippen LogP contribution in [-0.2, 0) is 13.2 Å². The molecule has 1 aromatic heterocycles. The van der Waals surface area contributed by atoms with Gasteiger partial charge >= 0.3 is 0 Å². The standard InChI is InChI=1S/C23H25N3O3/c1-18-24-15-22(29-18)16-25-11-13-26(14-12-25)23(27)20-7-9-21(10-8-20)28-17-19-5-3-2-4-6-19/h2-10,15H,11-14,16-17H2,1H3. The van der Waals surface area contributed by atoms with E-state index in [1.165, 1.54) is 0 Å². The SMILES string of the molecule is Cc1ncc(CN2CCN(C(=O)c3ccc(OCc4ccccc4)cc3)CC2)o1. The lowest BCUT2D eigenvalue weighted by molar-refractivity contribution is 0.0620. The molecule has 1 aliphatic rings. The molecule has 4 rings (SSSR count). The molecule has 3 aromatic rings. The lowest BCUT2D eigenvalue weighted by Crippen LogP contribution is -2.48. The van der Waals surface area contributed by atoms with Crippen LogP contribution in [0, 0.1) is 6.92 Å². The molecule has 0 atom stereocenters. The van der Waals surface area contributed by atoms with Crippen molar-refractivity contribution in [3.63, 3.8) is 0 Å². The van der Waals surface area contributed by atoms with E-state index in [0.717, 1.165) is 36.7 Å². The molecule has 6 heteroatoms. The van der Waals surface area contributed by atoms with E-state index in [2.05, 4.69) is 9.88 Å². The van der Waals surface area contributed by atoms with E-state index >= 15 is 0 Å². The van der Waals surface area contributed by atoms with Crippen molar-refractivity contribution in [2.24, 2.45) is 0 Å². The van der Waals surface area contributed by atoms with E-state index in [1.54, 1.807) is 6.20 Å². The predicted octanol–water partition coefficient (Wildman–Crippen LogP) is 3.52. The average molecular weight is 391 g/mol. The topological polar surface area (TPSA) is 58.8 Å². The van der Waals surface area contributed by atoms with Gasteiger partial charge in [0.2, 0.25) is 0 Å². The van der Waals surface area contributed by atoms with Gasteiger partial charge in [0.1, 0.15) is 18.1 Å². The summed E-state index contributed by atoms with van der Waals surface area (Å²) in [6.07, 6.45) is 1.77. The van der Waals surface area contributed by atoms with Crippen molar-refractivity contribution >= 4 is 5.91 Å². The Kier molecular flexibility index (Phi) is 5.91. The number of aromatic nitrogens is 1. The highest BCUT2D eigenvalue weighted by Crippen LogP contribution is 2.17. The van der Waals surface area contributed by atoms with Crippen LogP contribution >= 0.6 is 0 Å². The lowest BCUT2D eigenvalue weighted by atomic mass is 10.1. The third-order valence-corrected chi connectivity index (χ3v) is 5.06. The van der Waals surface area contributed by atoms with Gasteiger partial charge in [-0.15, -0.1) is 0 Å². The van der Waals surface area contributed by atoms with Crippen LogP contribution in [0.2, 0.25) is 0 Å². The molecule has 6 nitrogen and oxygen atoms in total. The second-order valence-corrected chi connectivity index (χ2v) is 7.21. The molecule has 2 aromatic carbocycles. The Hall–Kier alpha value is -3.12. The monoisotopic (exact) mass is 391 g/mol. The van der Waals surface area contributed by atoms with Crippen LogP contribution in [0.5, 0.6) is 5.75 Å². The number of carbonyl (C=O) groups excluding carboxylic acids is 1. The molecule has 150 valence electrons. The Morgan fingerprint density at radius 1 is 1.03 bits per heavy atom. The number of piperazine rings is 1. The average Bonchev–Trinajstić information content (AvgIpc) is 3.18. The summed E-state index contributed by atoms with van der Waals surface area (Å²) in [4.78, 5) is 21.1. The Morgan fingerprint density at radius 2 is 1.76 bits per heavy atom. The molecule has 0 N–H and O–H groups in total. The minimum Gasteiger partial charge on any atom is -0.489 e. The molecule has 0 saturated carbocycles. The second kappa shape index (κ2) is 8.92. The number of carbonyl (C=O) groups is 1. The molecule has 0 unspecified atom stereocenters. The highest BCUT2D eigenvalue weighted by atomic mass is 16.5. The van der Waals surface area contributed by atoms with Gasteiger partial charge in [0.05, 0.1) is 12.7 Å². The summed E-state index contributed by atoms with van der Waals surface area (Å²) in [5.41, 5.74) is 1.81. The summed E-state index contributed by atoms with van der Waals surface area (Å²) in [7, 11) is 0. The number of hydrogen-bond acceptors (Lipinski definition) is 5. The molecule has 1 fully saturated rings. The molecule has 1 amide bonds. The van der Waals surface area contributed by atoms with Crippen molar-refractivity contribution in [1.29, 1.82) is 0 Å². The second-order valence-electron chi connectivity index (χ2n) is 7.21. The Labute approximate surface area is 170 Å². The van der Waals surface area contributed by atoms with Gasteiger partial charge in [0.25, 0.3) is 5.91 Å². The number of oxazole rings is 1. The third kappa shape index (κ3) is 5.03. The number of aryl methyl sites for hydroxylation is 1. The number of rotatable bonds is 6. The van der Waals surface area contributed by atoms with E-state index in [-0.39, 0.29) is 5.91 Å². The third-order valence-electron chi connectivity index (χ3n) is 5.06. The first-order chi connectivity index (χ1) is 14.2. The summed E-state index contributed by atoms with van der Waals surface area (Å²) < 4.78 is 11.3. The van der Waals surface area contributed by atoms with Gasteiger partial charge < -0.3 is 14.1 Å². The van der Waals surface area contributed by atoms with Gasteiger partial charge in [-0.25, -0.2) is 4.98 Å². The zero-order chi connectivity index (χ0) is 20.1. The molecule has 1 aliphatic heterocycles. The van der Waals surface area contributed by atoms with E-state index in [9.17, 15) is 4.79 Å². The van der Waals surface area contributed by atoms with Gasteiger partial charge in [-0.2, -0.15) is 0 Å². The maximum atomic E-state index is 12.8. The highest BCUT2D eigenvalue weighted by molar-refractivity contribution is 5.94. The predicted molar refractivity (Wildman–Crippen MR) is 110 cm³/mol.